The number of nitrogens with one attached hydrogen (secondary N) is 1. The van der Waals surface area contributed by atoms with Crippen molar-refractivity contribution >= 4 is 39.4 Å². The van der Waals surface area contributed by atoms with Gasteiger partial charge in [-0.25, -0.2) is 4.79 Å². The molecule has 0 bridgehead atoms. The van der Waals surface area contributed by atoms with Crippen LogP contribution in [-0.4, -0.2) is 35.5 Å². The third-order valence-corrected chi connectivity index (χ3v) is 4.61. The van der Waals surface area contributed by atoms with Crippen LogP contribution >= 0.6 is 15.9 Å². The highest BCUT2D eigenvalue weighted by molar-refractivity contribution is 9.10. The van der Waals surface area contributed by atoms with E-state index in [1.165, 1.54) is 0 Å². The summed E-state index contributed by atoms with van der Waals surface area (Å²) in [4.78, 5) is 37.6. The van der Waals surface area contributed by atoms with Crippen molar-refractivity contribution in [1.29, 1.82) is 0 Å². The van der Waals surface area contributed by atoms with Gasteiger partial charge in [0, 0.05) is 11.0 Å². The SMILES string of the molecule is C=CCCC(NC(=O)C1CCN(c2ccccc2Br)C1=O)C(=O)O. The van der Waals surface area contributed by atoms with E-state index in [4.69, 9.17) is 0 Å². The van der Waals surface area contributed by atoms with Crippen LogP contribution in [0.15, 0.2) is 41.4 Å². The van der Waals surface area contributed by atoms with Crippen molar-refractivity contribution < 1.29 is 19.5 Å². The minimum atomic E-state index is -1.11. The minimum Gasteiger partial charge on any atom is -0.480 e. The number of halogens is 1. The number of carbonyl (C=O) groups is 3. The Morgan fingerprint density at radius 2 is 2.17 bits per heavy atom. The van der Waals surface area contributed by atoms with Gasteiger partial charge in [0.1, 0.15) is 12.0 Å². The number of benzene rings is 1. The molecule has 0 radical (unpaired) electrons. The predicted octanol–water partition coefficient (Wildman–Crippen LogP) is 2.34. The van der Waals surface area contributed by atoms with Crippen molar-refractivity contribution in [3.8, 4) is 0 Å². The first-order valence-corrected chi connectivity index (χ1v) is 8.45. The molecule has 24 heavy (non-hydrogen) atoms. The predicted molar refractivity (Wildman–Crippen MR) is 93.6 cm³/mol. The van der Waals surface area contributed by atoms with Gasteiger partial charge in [-0.05, 0) is 47.3 Å². The number of aliphatic carboxylic acids is 1. The minimum absolute atomic E-state index is 0.249. The Bertz CT molecular complexity index is 662. The molecule has 1 aromatic carbocycles. The summed E-state index contributed by atoms with van der Waals surface area (Å²) in [7, 11) is 0. The molecule has 1 heterocycles. The Kier molecular flexibility index (Phi) is 6.14. The number of nitrogens with zero attached hydrogens (tertiary/aromatic N) is 1. The lowest BCUT2D eigenvalue weighted by molar-refractivity contribution is -0.143. The van der Waals surface area contributed by atoms with Crippen LogP contribution in [-0.2, 0) is 14.4 Å². The lowest BCUT2D eigenvalue weighted by atomic mass is 10.1. The first-order valence-electron chi connectivity index (χ1n) is 7.65. The van der Waals surface area contributed by atoms with E-state index in [0.717, 1.165) is 4.47 Å². The molecule has 6 nitrogen and oxygen atoms in total. The molecule has 2 rings (SSSR count). The molecule has 0 saturated carbocycles. The smallest absolute Gasteiger partial charge is 0.326 e. The summed E-state index contributed by atoms with van der Waals surface area (Å²) in [6.45, 7) is 3.96. The van der Waals surface area contributed by atoms with Crippen molar-refractivity contribution in [2.75, 3.05) is 11.4 Å². The van der Waals surface area contributed by atoms with Gasteiger partial charge in [-0.1, -0.05) is 18.2 Å². The average Bonchev–Trinajstić information content (AvgIpc) is 2.93. The van der Waals surface area contributed by atoms with E-state index in [1.54, 1.807) is 17.0 Å². The van der Waals surface area contributed by atoms with Crippen LogP contribution in [0.5, 0.6) is 0 Å². The van der Waals surface area contributed by atoms with E-state index >= 15 is 0 Å². The van der Waals surface area contributed by atoms with Crippen molar-refractivity contribution in [3.05, 3.63) is 41.4 Å². The second-order valence-corrected chi connectivity index (χ2v) is 6.40. The van der Waals surface area contributed by atoms with Crippen molar-refractivity contribution in [1.82, 2.24) is 5.32 Å². The third-order valence-electron chi connectivity index (χ3n) is 3.94. The monoisotopic (exact) mass is 394 g/mol. The molecule has 1 aliphatic heterocycles. The van der Waals surface area contributed by atoms with E-state index in [1.807, 2.05) is 18.2 Å². The number of para-hydroxylation sites is 1. The van der Waals surface area contributed by atoms with Crippen LogP contribution in [0.3, 0.4) is 0 Å². The quantitative estimate of drug-likeness (QED) is 0.548. The molecule has 2 atom stereocenters. The summed E-state index contributed by atoms with van der Waals surface area (Å²) in [5.41, 5.74) is 0.708. The van der Waals surface area contributed by atoms with Gasteiger partial charge in [0.2, 0.25) is 11.8 Å². The highest BCUT2D eigenvalue weighted by Gasteiger charge is 2.39. The van der Waals surface area contributed by atoms with Crippen molar-refractivity contribution in [3.63, 3.8) is 0 Å². The van der Waals surface area contributed by atoms with Gasteiger partial charge in [0.15, 0.2) is 0 Å². The van der Waals surface area contributed by atoms with E-state index in [9.17, 15) is 19.5 Å². The maximum absolute atomic E-state index is 12.5. The van der Waals surface area contributed by atoms with E-state index in [2.05, 4.69) is 27.8 Å². The normalized spacial score (nSPS) is 18.3. The summed E-state index contributed by atoms with van der Waals surface area (Å²) in [6, 6.07) is 6.27. The highest BCUT2D eigenvalue weighted by Crippen LogP contribution is 2.31. The fourth-order valence-electron chi connectivity index (χ4n) is 2.65. The summed E-state index contributed by atoms with van der Waals surface area (Å²) in [5, 5.41) is 11.6. The molecule has 0 aromatic heterocycles. The van der Waals surface area contributed by atoms with Crippen LogP contribution < -0.4 is 10.2 Å². The molecular weight excluding hydrogens is 376 g/mol. The Labute approximate surface area is 148 Å². The van der Waals surface area contributed by atoms with E-state index < -0.39 is 23.8 Å². The molecule has 1 aromatic rings. The number of amides is 2. The van der Waals surface area contributed by atoms with Gasteiger partial charge in [-0.3, -0.25) is 9.59 Å². The maximum Gasteiger partial charge on any atom is 0.326 e. The standard InChI is InChI=1S/C17H19BrN2O4/c1-2-3-7-13(17(23)24)19-15(21)11-9-10-20(16(11)22)14-8-5-4-6-12(14)18/h2,4-6,8,11,13H,1,3,7,9-10H2,(H,19,21)(H,23,24). The Hall–Kier alpha value is -2.15. The Morgan fingerprint density at radius 1 is 1.46 bits per heavy atom. The molecule has 1 aliphatic rings. The van der Waals surface area contributed by atoms with Gasteiger partial charge >= 0.3 is 5.97 Å². The van der Waals surface area contributed by atoms with E-state index in [-0.39, 0.29) is 12.3 Å². The molecule has 2 amide bonds. The van der Waals surface area contributed by atoms with Crippen LogP contribution in [0.2, 0.25) is 0 Å². The molecular formula is C17H19BrN2O4. The van der Waals surface area contributed by atoms with Gasteiger partial charge in [0.25, 0.3) is 0 Å². The summed E-state index contributed by atoms with van der Waals surface area (Å²) in [5.74, 6) is -2.82. The number of rotatable bonds is 7. The summed E-state index contributed by atoms with van der Waals surface area (Å²) < 4.78 is 0.772. The second kappa shape index (κ2) is 8.10. The van der Waals surface area contributed by atoms with Gasteiger partial charge in [-0.2, -0.15) is 0 Å². The Balaban J connectivity index is 2.06. The molecule has 0 aliphatic carbocycles. The van der Waals surface area contributed by atoms with Crippen molar-refractivity contribution in [2.45, 2.75) is 25.3 Å². The van der Waals surface area contributed by atoms with Crippen LogP contribution in [0.25, 0.3) is 0 Å². The fourth-order valence-corrected chi connectivity index (χ4v) is 3.15. The van der Waals surface area contributed by atoms with E-state index in [0.29, 0.717) is 25.1 Å². The topological polar surface area (TPSA) is 86.7 Å². The number of carboxylic acids is 1. The second-order valence-electron chi connectivity index (χ2n) is 5.55. The molecule has 2 unspecified atom stereocenters. The number of anilines is 1. The molecule has 2 N–H and O–H groups in total. The number of carboxylic acid groups (broad SMARTS) is 1. The lowest BCUT2D eigenvalue weighted by Gasteiger charge is -2.19. The first kappa shape index (κ1) is 18.2. The zero-order valence-corrected chi connectivity index (χ0v) is 14.7. The van der Waals surface area contributed by atoms with Gasteiger partial charge in [0.05, 0.1) is 5.69 Å². The van der Waals surface area contributed by atoms with Crippen LogP contribution in [0.4, 0.5) is 5.69 Å². The van der Waals surface area contributed by atoms with Crippen LogP contribution in [0.1, 0.15) is 19.3 Å². The maximum atomic E-state index is 12.5. The fraction of sp³-hybridized carbons (Fsp3) is 0.353. The summed E-state index contributed by atoms with van der Waals surface area (Å²) >= 11 is 3.40. The largest absolute Gasteiger partial charge is 0.480 e. The van der Waals surface area contributed by atoms with Crippen molar-refractivity contribution in [2.24, 2.45) is 5.92 Å². The Morgan fingerprint density at radius 3 is 2.79 bits per heavy atom. The summed E-state index contributed by atoms with van der Waals surface area (Å²) in [6.07, 6.45) is 2.68. The highest BCUT2D eigenvalue weighted by atomic mass is 79.9. The number of carbonyl (C=O) groups excluding carboxylic acids is 2. The first-order chi connectivity index (χ1) is 11.5. The number of allylic oxidation sites excluding steroid dienone is 1. The average molecular weight is 395 g/mol. The molecule has 128 valence electrons. The number of hydrogen-bond acceptors (Lipinski definition) is 3. The molecule has 1 fully saturated rings. The van der Waals surface area contributed by atoms with Gasteiger partial charge < -0.3 is 15.3 Å². The zero-order valence-electron chi connectivity index (χ0n) is 13.1. The zero-order chi connectivity index (χ0) is 17.7. The van der Waals surface area contributed by atoms with Gasteiger partial charge in [-0.15, -0.1) is 6.58 Å². The number of hydrogen-bond donors (Lipinski definition) is 2. The molecule has 0 spiro atoms. The molecule has 7 heteroatoms. The third kappa shape index (κ3) is 4.03. The lowest BCUT2D eigenvalue weighted by Crippen LogP contribution is -2.45. The molecule has 1 saturated heterocycles. The van der Waals surface area contributed by atoms with Crippen LogP contribution in [0, 0.1) is 5.92 Å².